The van der Waals surface area contributed by atoms with E-state index in [-0.39, 0.29) is 5.56 Å². The molecule has 0 aromatic carbocycles. The lowest BCUT2D eigenvalue weighted by atomic mass is 10.2. The van der Waals surface area contributed by atoms with E-state index in [1.807, 2.05) is 6.07 Å². The molecule has 0 unspecified atom stereocenters. The summed E-state index contributed by atoms with van der Waals surface area (Å²) in [6.07, 6.45) is 5.04. The van der Waals surface area contributed by atoms with E-state index in [9.17, 15) is 4.79 Å². The second-order valence-corrected chi connectivity index (χ2v) is 3.24. The Labute approximate surface area is 76.7 Å². The first-order valence-electron chi connectivity index (χ1n) is 4.38. The first kappa shape index (κ1) is 8.10. The average molecular weight is 176 g/mol. The summed E-state index contributed by atoms with van der Waals surface area (Å²) in [5.41, 5.74) is 2.24. The van der Waals surface area contributed by atoms with Crippen molar-refractivity contribution >= 4 is 5.70 Å². The molecule has 13 heavy (non-hydrogen) atoms. The highest BCUT2D eigenvalue weighted by Gasteiger charge is 2.11. The molecule has 0 saturated heterocycles. The van der Waals surface area contributed by atoms with Crippen molar-refractivity contribution in [1.29, 1.82) is 0 Å². The van der Waals surface area contributed by atoms with E-state index in [4.69, 9.17) is 0 Å². The molecule has 2 rings (SSSR count). The van der Waals surface area contributed by atoms with Crippen molar-refractivity contribution in [1.82, 2.24) is 9.88 Å². The first-order valence-corrected chi connectivity index (χ1v) is 4.38. The zero-order valence-electron chi connectivity index (χ0n) is 7.58. The largest absolute Gasteiger partial charge is 0.374 e. The van der Waals surface area contributed by atoms with E-state index in [1.54, 1.807) is 12.3 Å². The van der Waals surface area contributed by atoms with Gasteiger partial charge in [-0.25, -0.2) is 0 Å². The number of aromatic nitrogens is 1. The molecule has 0 bridgehead atoms. The van der Waals surface area contributed by atoms with Crippen LogP contribution in [0.4, 0.5) is 0 Å². The van der Waals surface area contributed by atoms with Crippen LogP contribution in [-0.2, 0) is 0 Å². The van der Waals surface area contributed by atoms with Crippen LogP contribution in [0.25, 0.3) is 5.70 Å². The van der Waals surface area contributed by atoms with Crippen LogP contribution in [0.2, 0.25) is 0 Å². The molecule has 1 aliphatic rings. The molecule has 3 nitrogen and oxygen atoms in total. The van der Waals surface area contributed by atoms with Gasteiger partial charge >= 0.3 is 0 Å². The van der Waals surface area contributed by atoms with Gasteiger partial charge in [-0.1, -0.05) is 6.08 Å². The summed E-state index contributed by atoms with van der Waals surface area (Å²) < 4.78 is 0. The number of hydrogen-bond donors (Lipinski definition) is 1. The average Bonchev–Trinajstić information content (AvgIpc) is 2.53. The van der Waals surface area contributed by atoms with Crippen LogP contribution < -0.4 is 5.56 Å². The highest BCUT2D eigenvalue weighted by Crippen LogP contribution is 2.21. The molecule has 2 heterocycles. The van der Waals surface area contributed by atoms with Gasteiger partial charge in [-0.2, -0.15) is 0 Å². The Morgan fingerprint density at radius 3 is 2.85 bits per heavy atom. The summed E-state index contributed by atoms with van der Waals surface area (Å²) in [4.78, 5) is 15.7. The summed E-state index contributed by atoms with van der Waals surface area (Å²) in [5, 5.41) is 0. The molecule has 3 heteroatoms. The number of aromatic amines is 1. The van der Waals surface area contributed by atoms with Crippen LogP contribution in [0, 0.1) is 0 Å². The summed E-state index contributed by atoms with van der Waals surface area (Å²) >= 11 is 0. The fourth-order valence-electron chi connectivity index (χ4n) is 1.58. The molecule has 0 saturated carbocycles. The fraction of sp³-hybridized carbons (Fsp3) is 0.300. The molecule has 1 aliphatic heterocycles. The highest BCUT2D eigenvalue weighted by atomic mass is 16.1. The Morgan fingerprint density at radius 1 is 1.46 bits per heavy atom. The van der Waals surface area contributed by atoms with Crippen LogP contribution in [-0.4, -0.2) is 23.5 Å². The van der Waals surface area contributed by atoms with Gasteiger partial charge in [-0.15, -0.1) is 0 Å². The lowest BCUT2D eigenvalue weighted by Crippen LogP contribution is -2.13. The Hall–Kier alpha value is -1.51. The standard InChI is InChI=1S/C10H12N2O/c1-12-6-2-3-9(12)8-4-5-10(13)11-7-8/h3-5,7H,2,6H2,1H3,(H,11,13). The zero-order valence-corrected chi connectivity index (χ0v) is 7.58. The Kier molecular flexibility index (Phi) is 1.93. The summed E-state index contributed by atoms with van der Waals surface area (Å²) in [5.74, 6) is 0. The predicted octanol–water partition coefficient (Wildman–Crippen LogP) is 1.05. The molecule has 0 atom stereocenters. The van der Waals surface area contributed by atoms with Gasteiger partial charge in [0.2, 0.25) is 5.56 Å². The van der Waals surface area contributed by atoms with Crippen molar-refractivity contribution in [3.63, 3.8) is 0 Å². The second kappa shape index (κ2) is 3.09. The predicted molar refractivity (Wildman–Crippen MR) is 52.3 cm³/mol. The second-order valence-electron chi connectivity index (χ2n) is 3.24. The van der Waals surface area contributed by atoms with Gasteiger partial charge < -0.3 is 9.88 Å². The third-order valence-electron chi connectivity index (χ3n) is 2.29. The van der Waals surface area contributed by atoms with E-state index >= 15 is 0 Å². The van der Waals surface area contributed by atoms with Crippen molar-refractivity contribution in [2.24, 2.45) is 0 Å². The summed E-state index contributed by atoms with van der Waals surface area (Å²) in [6, 6.07) is 3.41. The maximum absolute atomic E-state index is 10.8. The molecular weight excluding hydrogens is 164 g/mol. The molecule has 0 radical (unpaired) electrons. The van der Waals surface area contributed by atoms with Gasteiger partial charge in [-0.3, -0.25) is 4.79 Å². The Bertz CT molecular complexity index is 372. The molecule has 0 amide bonds. The van der Waals surface area contributed by atoms with Crippen LogP contribution in [0.15, 0.2) is 29.2 Å². The van der Waals surface area contributed by atoms with E-state index < -0.39 is 0 Å². The van der Waals surface area contributed by atoms with E-state index in [1.165, 1.54) is 5.70 Å². The SMILES string of the molecule is CN1CCC=C1c1ccc(=O)[nH]c1. The minimum Gasteiger partial charge on any atom is -0.374 e. The number of H-pyrrole nitrogens is 1. The number of rotatable bonds is 1. The third kappa shape index (κ3) is 1.49. The number of hydrogen-bond acceptors (Lipinski definition) is 2. The van der Waals surface area contributed by atoms with Gasteiger partial charge in [0.15, 0.2) is 0 Å². The lowest BCUT2D eigenvalue weighted by Gasteiger charge is -2.15. The minimum absolute atomic E-state index is 0.0509. The van der Waals surface area contributed by atoms with Crippen molar-refractivity contribution in [2.45, 2.75) is 6.42 Å². The van der Waals surface area contributed by atoms with Crippen molar-refractivity contribution in [3.8, 4) is 0 Å². The zero-order chi connectivity index (χ0) is 9.26. The topological polar surface area (TPSA) is 36.1 Å². The summed E-state index contributed by atoms with van der Waals surface area (Å²) in [6.45, 7) is 1.06. The molecule has 1 aromatic heterocycles. The molecule has 1 N–H and O–H groups in total. The van der Waals surface area contributed by atoms with Crippen molar-refractivity contribution < 1.29 is 0 Å². The van der Waals surface area contributed by atoms with Crippen LogP contribution >= 0.6 is 0 Å². The third-order valence-corrected chi connectivity index (χ3v) is 2.29. The van der Waals surface area contributed by atoms with Gasteiger partial charge in [0, 0.05) is 37.1 Å². The number of pyridine rings is 1. The highest BCUT2D eigenvalue weighted by molar-refractivity contribution is 5.64. The van der Waals surface area contributed by atoms with Crippen LogP contribution in [0.5, 0.6) is 0 Å². The molecule has 1 aromatic rings. The molecule has 0 fully saturated rings. The molecule has 0 spiro atoms. The smallest absolute Gasteiger partial charge is 0.247 e. The van der Waals surface area contributed by atoms with Crippen molar-refractivity contribution in [2.75, 3.05) is 13.6 Å². The Balaban J connectivity index is 2.36. The monoisotopic (exact) mass is 176 g/mol. The quantitative estimate of drug-likeness (QED) is 0.694. The minimum atomic E-state index is -0.0509. The van der Waals surface area contributed by atoms with Crippen molar-refractivity contribution in [3.05, 3.63) is 40.3 Å². The maximum Gasteiger partial charge on any atom is 0.247 e. The van der Waals surface area contributed by atoms with Gasteiger partial charge in [0.05, 0.1) is 0 Å². The molecular formula is C10H12N2O. The molecule has 0 aliphatic carbocycles. The Morgan fingerprint density at radius 2 is 2.31 bits per heavy atom. The van der Waals surface area contributed by atoms with E-state index in [2.05, 4.69) is 23.0 Å². The van der Waals surface area contributed by atoms with Gasteiger partial charge in [0.25, 0.3) is 0 Å². The van der Waals surface area contributed by atoms with Gasteiger partial charge in [0.1, 0.15) is 0 Å². The van der Waals surface area contributed by atoms with Crippen LogP contribution in [0.3, 0.4) is 0 Å². The normalized spacial score (nSPS) is 16.1. The molecule has 68 valence electrons. The van der Waals surface area contributed by atoms with Crippen LogP contribution in [0.1, 0.15) is 12.0 Å². The van der Waals surface area contributed by atoms with Gasteiger partial charge in [-0.05, 0) is 12.5 Å². The first-order chi connectivity index (χ1) is 6.27. The van der Waals surface area contributed by atoms with E-state index in [0.717, 1.165) is 18.5 Å². The lowest BCUT2D eigenvalue weighted by molar-refractivity contribution is 0.517. The maximum atomic E-state index is 10.8. The van der Waals surface area contributed by atoms with E-state index in [0.29, 0.717) is 0 Å². The summed E-state index contributed by atoms with van der Waals surface area (Å²) in [7, 11) is 2.06. The number of nitrogens with zero attached hydrogens (tertiary/aromatic N) is 1. The fourth-order valence-corrected chi connectivity index (χ4v) is 1.58. The number of nitrogens with one attached hydrogen (secondary N) is 1.